The lowest BCUT2D eigenvalue weighted by Crippen LogP contribution is -2.32. The van der Waals surface area contributed by atoms with E-state index in [-0.39, 0.29) is 24.2 Å². The van der Waals surface area contributed by atoms with Crippen molar-refractivity contribution in [3.63, 3.8) is 0 Å². The molecule has 2 amide bonds. The number of nitrogens with one attached hydrogen (secondary N) is 2. The van der Waals surface area contributed by atoms with Gasteiger partial charge in [-0.05, 0) is 38.5 Å². The molecular weight excluding hydrogens is 266 g/mol. The van der Waals surface area contributed by atoms with Crippen LogP contribution in [0.5, 0.6) is 0 Å². The monoisotopic (exact) mass is 285 g/mol. The summed E-state index contributed by atoms with van der Waals surface area (Å²) in [7, 11) is 0. The van der Waals surface area contributed by atoms with E-state index < -0.39 is 6.04 Å². The van der Waals surface area contributed by atoms with Crippen molar-refractivity contribution in [1.29, 1.82) is 0 Å². The van der Waals surface area contributed by atoms with Crippen LogP contribution in [0.2, 0.25) is 0 Å². The van der Waals surface area contributed by atoms with Gasteiger partial charge in [-0.2, -0.15) is 0 Å². The minimum absolute atomic E-state index is 0. The maximum atomic E-state index is 11.7. The number of aryl methyl sites for hydroxylation is 1. The second-order valence-corrected chi connectivity index (χ2v) is 4.17. The summed E-state index contributed by atoms with van der Waals surface area (Å²) in [6.07, 6.45) is 0. The zero-order chi connectivity index (χ0) is 13.7. The van der Waals surface area contributed by atoms with Crippen molar-refractivity contribution in [2.75, 3.05) is 11.9 Å². The Morgan fingerprint density at radius 1 is 1.37 bits per heavy atom. The fraction of sp³-hybridized carbons (Fsp3) is 0.385. The van der Waals surface area contributed by atoms with Gasteiger partial charge in [-0.15, -0.1) is 12.4 Å². The van der Waals surface area contributed by atoms with Crippen molar-refractivity contribution >= 4 is 29.9 Å². The van der Waals surface area contributed by atoms with Crippen LogP contribution in [0.1, 0.15) is 29.8 Å². The van der Waals surface area contributed by atoms with Gasteiger partial charge >= 0.3 is 0 Å². The van der Waals surface area contributed by atoms with Crippen molar-refractivity contribution in [3.05, 3.63) is 29.3 Å². The maximum absolute atomic E-state index is 11.7. The number of hydrogen-bond acceptors (Lipinski definition) is 3. The topological polar surface area (TPSA) is 84.2 Å². The summed E-state index contributed by atoms with van der Waals surface area (Å²) in [6.45, 7) is 5.88. The molecule has 0 radical (unpaired) electrons. The molecule has 0 bridgehead atoms. The van der Waals surface area contributed by atoms with Gasteiger partial charge < -0.3 is 16.4 Å². The average molecular weight is 286 g/mol. The third-order valence-electron chi connectivity index (χ3n) is 2.51. The Balaban J connectivity index is 0.00000324. The van der Waals surface area contributed by atoms with E-state index in [0.717, 1.165) is 5.56 Å². The molecule has 0 spiro atoms. The van der Waals surface area contributed by atoms with Crippen LogP contribution < -0.4 is 16.4 Å². The predicted molar refractivity (Wildman–Crippen MR) is 78.7 cm³/mol. The standard InChI is InChI=1S/C13H19N3O2.ClH/c1-4-15-13(18)10-6-5-8(2)11(7-10)16-12(17)9(3)14;/h5-7,9H,4,14H2,1-3H3,(H,15,18)(H,16,17);1H/t9-;/m1./s1. The molecule has 106 valence electrons. The summed E-state index contributed by atoms with van der Waals surface area (Å²) in [5.74, 6) is -0.431. The van der Waals surface area contributed by atoms with Crippen LogP contribution in [-0.4, -0.2) is 24.4 Å². The lowest BCUT2D eigenvalue weighted by Gasteiger charge is -2.12. The Morgan fingerprint density at radius 2 is 2.00 bits per heavy atom. The van der Waals surface area contributed by atoms with E-state index in [1.165, 1.54) is 0 Å². The summed E-state index contributed by atoms with van der Waals surface area (Å²) in [6, 6.07) is 4.58. The second kappa shape index (κ2) is 7.76. The van der Waals surface area contributed by atoms with Crippen LogP contribution in [0, 0.1) is 6.92 Å². The molecule has 0 saturated heterocycles. The number of rotatable bonds is 4. The normalized spacial score (nSPS) is 11.2. The van der Waals surface area contributed by atoms with Gasteiger partial charge in [0.05, 0.1) is 6.04 Å². The summed E-state index contributed by atoms with van der Waals surface area (Å²) in [4.78, 5) is 23.2. The summed E-state index contributed by atoms with van der Waals surface area (Å²) in [5, 5.41) is 5.41. The molecule has 0 saturated carbocycles. The smallest absolute Gasteiger partial charge is 0.251 e. The number of nitrogens with two attached hydrogens (primary N) is 1. The van der Waals surface area contributed by atoms with Gasteiger partial charge in [0.1, 0.15) is 0 Å². The fourth-order valence-electron chi connectivity index (χ4n) is 1.41. The molecule has 0 aliphatic heterocycles. The molecule has 0 unspecified atom stereocenters. The molecule has 0 aliphatic carbocycles. The van der Waals surface area contributed by atoms with Gasteiger partial charge in [-0.1, -0.05) is 6.07 Å². The van der Waals surface area contributed by atoms with Crippen LogP contribution in [0.25, 0.3) is 0 Å². The van der Waals surface area contributed by atoms with Crippen molar-refractivity contribution in [2.24, 2.45) is 5.73 Å². The van der Waals surface area contributed by atoms with Gasteiger partial charge in [0.15, 0.2) is 0 Å². The predicted octanol–water partition coefficient (Wildman–Crippen LogP) is 1.45. The lowest BCUT2D eigenvalue weighted by molar-refractivity contribution is -0.117. The SMILES string of the molecule is CCNC(=O)c1ccc(C)c(NC(=O)[C@@H](C)N)c1.Cl. The molecule has 1 aromatic rings. The molecule has 0 heterocycles. The molecule has 6 heteroatoms. The van der Waals surface area contributed by atoms with Crippen LogP contribution in [0.15, 0.2) is 18.2 Å². The van der Waals surface area contributed by atoms with E-state index in [4.69, 9.17) is 5.73 Å². The zero-order valence-corrected chi connectivity index (χ0v) is 12.1. The Hall–Kier alpha value is -1.59. The highest BCUT2D eigenvalue weighted by Gasteiger charge is 2.11. The molecular formula is C13H20ClN3O2. The Kier molecular flexibility index (Phi) is 7.11. The Morgan fingerprint density at radius 3 is 2.53 bits per heavy atom. The number of hydrogen-bond donors (Lipinski definition) is 3. The van der Waals surface area contributed by atoms with Crippen LogP contribution in [-0.2, 0) is 4.79 Å². The van der Waals surface area contributed by atoms with Crippen molar-refractivity contribution in [1.82, 2.24) is 5.32 Å². The molecule has 0 aliphatic rings. The first kappa shape index (κ1) is 17.4. The third kappa shape index (κ3) is 4.89. The molecule has 5 nitrogen and oxygen atoms in total. The first-order valence-corrected chi connectivity index (χ1v) is 5.91. The van der Waals surface area contributed by atoms with E-state index in [9.17, 15) is 9.59 Å². The van der Waals surface area contributed by atoms with Crippen molar-refractivity contribution < 1.29 is 9.59 Å². The molecule has 0 aromatic heterocycles. The Bertz CT molecular complexity index is 461. The molecule has 4 N–H and O–H groups in total. The first-order chi connectivity index (χ1) is 8.45. The summed E-state index contributed by atoms with van der Waals surface area (Å²) in [5.41, 5.74) is 7.50. The Labute approximate surface area is 119 Å². The van der Waals surface area contributed by atoms with Crippen molar-refractivity contribution in [2.45, 2.75) is 26.8 Å². The number of carbonyl (C=O) groups is 2. The van der Waals surface area contributed by atoms with Gasteiger partial charge in [0.2, 0.25) is 5.91 Å². The number of carbonyl (C=O) groups excluding carboxylic acids is 2. The van der Waals surface area contributed by atoms with E-state index >= 15 is 0 Å². The number of halogens is 1. The lowest BCUT2D eigenvalue weighted by atomic mass is 10.1. The molecule has 1 rings (SSSR count). The van der Waals surface area contributed by atoms with Gasteiger partial charge in [-0.25, -0.2) is 0 Å². The van der Waals surface area contributed by atoms with Crippen LogP contribution >= 0.6 is 12.4 Å². The van der Waals surface area contributed by atoms with E-state index in [1.807, 2.05) is 13.8 Å². The highest BCUT2D eigenvalue weighted by Crippen LogP contribution is 2.17. The maximum Gasteiger partial charge on any atom is 0.251 e. The van der Waals surface area contributed by atoms with Gasteiger partial charge in [0, 0.05) is 17.8 Å². The fourth-order valence-corrected chi connectivity index (χ4v) is 1.41. The second-order valence-electron chi connectivity index (χ2n) is 4.17. The summed E-state index contributed by atoms with van der Waals surface area (Å²) >= 11 is 0. The van der Waals surface area contributed by atoms with Crippen LogP contribution in [0.4, 0.5) is 5.69 Å². The van der Waals surface area contributed by atoms with Gasteiger partial charge in [-0.3, -0.25) is 9.59 Å². The van der Waals surface area contributed by atoms with Crippen LogP contribution in [0.3, 0.4) is 0 Å². The number of anilines is 1. The average Bonchev–Trinajstić information content (AvgIpc) is 2.31. The quantitative estimate of drug-likeness (QED) is 0.783. The van der Waals surface area contributed by atoms with E-state index in [0.29, 0.717) is 17.8 Å². The zero-order valence-electron chi connectivity index (χ0n) is 11.3. The van der Waals surface area contributed by atoms with E-state index in [1.54, 1.807) is 25.1 Å². The molecule has 0 fully saturated rings. The molecule has 1 atom stereocenters. The molecule has 1 aromatic carbocycles. The minimum Gasteiger partial charge on any atom is -0.352 e. The number of amides is 2. The highest BCUT2D eigenvalue weighted by atomic mass is 35.5. The third-order valence-corrected chi connectivity index (χ3v) is 2.51. The largest absolute Gasteiger partial charge is 0.352 e. The highest BCUT2D eigenvalue weighted by molar-refractivity contribution is 5.98. The minimum atomic E-state index is -0.586. The molecule has 19 heavy (non-hydrogen) atoms. The van der Waals surface area contributed by atoms with E-state index in [2.05, 4.69) is 10.6 Å². The summed E-state index contributed by atoms with van der Waals surface area (Å²) < 4.78 is 0. The first-order valence-electron chi connectivity index (χ1n) is 5.91. The number of benzene rings is 1. The van der Waals surface area contributed by atoms with Gasteiger partial charge in [0.25, 0.3) is 5.91 Å². The van der Waals surface area contributed by atoms with Crippen molar-refractivity contribution in [3.8, 4) is 0 Å².